The summed E-state index contributed by atoms with van der Waals surface area (Å²) in [6.45, 7) is 0.857. The first-order valence-electron chi connectivity index (χ1n) is 10.1. The van der Waals surface area contributed by atoms with Crippen LogP contribution in [0.5, 0.6) is 0 Å². The van der Waals surface area contributed by atoms with E-state index in [1.807, 2.05) is 6.07 Å². The van der Waals surface area contributed by atoms with E-state index in [-0.39, 0.29) is 31.0 Å². The number of urea groups is 1. The van der Waals surface area contributed by atoms with Crippen molar-refractivity contribution in [1.29, 1.82) is 0 Å². The molecule has 2 aromatic carbocycles. The van der Waals surface area contributed by atoms with Crippen LogP contribution in [0.3, 0.4) is 0 Å². The number of nitrogens with one attached hydrogen (secondary N) is 3. The molecule has 9 nitrogen and oxygen atoms in total. The second kappa shape index (κ2) is 10.4. The molecule has 0 saturated carbocycles. The molecule has 5 amide bonds. The highest BCUT2D eigenvalue weighted by molar-refractivity contribution is 6.00. The van der Waals surface area contributed by atoms with Gasteiger partial charge in [-0.2, -0.15) is 0 Å². The van der Waals surface area contributed by atoms with Crippen LogP contribution in [0.1, 0.15) is 22.3 Å². The minimum Gasteiger partial charge on any atom is -0.370 e. The number of anilines is 1. The molecule has 168 valence electrons. The second-order valence-electron chi connectivity index (χ2n) is 7.27. The SMILES string of the molecule is NC(=O)CCNC(=O)C(Cc1ccccc1)NC(=O)c1cc(N2CCNC2=O)ccc1F. The molecule has 1 aliphatic heterocycles. The summed E-state index contributed by atoms with van der Waals surface area (Å²) in [7, 11) is 0. The van der Waals surface area contributed by atoms with Gasteiger partial charge in [-0.25, -0.2) is 9.18 Å². The number of rotatable bonds is 9. The Kier molecular flexibility index (Phi) is 7.37. The fraction of sp³-hybridized carbons (Fsp3) is 0.273. The number of amides is 5. The first-order chi connectivity index (χ1) is 15.3. The molecule has 0 spiro atoms. The summed E-state index contributed by atoms with van der Waals surface area (Å²) in [5, 5.41) is 7.76. The van der Waals surface area contributed by atoms with Crippen LogP contribution in [0.25, 0.3) is 0 Å². The van der Waals surface area contributed by atoms with Crippen LogP contribution >= 0.6 is 0 Å². The summed E-state index contributed by atoms with van der Waals surface area (Å²) in [6, 6.07) is 11.4. The Morgan fingerprint density at radius 1 is 1.16 bits per heavy atom. The van der Waals surface area contributed by atoms with Crippen molar-refractivity contribution in [3.8, 4) is 0 Å². The van der Waals surface area contributed by atoms with Crippen molar-refractivity contribution < 1.29 is 23.6 Å². The molecule has 10 heteroatoms. The lowest BCUT2D eigenvalue weighted by Gasteiger charge is -2.20. The van der Waals surface area contributed by atoms with E-state index >= 15 is 0 Å². The smallest absolute Gasteiger partial charge is 0.321 e. The summed E-state index contributed by atoms with van der Waals surface area (Å²) in [5.41, 5.74) is 5.96. The Balaban J connectivity index is 1.78. The number of primary amides is 1. The van der Waals surface area contributed by atoms with Crippen LogP contribution in [-0.4, -0.2) is 49.4 Å². The lowest BCUT2D eigenvalue weighted by atomic mass is 10.0. The van der Waals surface area contributed by atoms with Gasteiger partial charge in [0, 0.05) is 38.2 Å². The summed E-state index contributed by atoms with van der Waals surface area (Å²) in [4.78, 5) is 49.8. The van der Waals surface area contributed by atoms with E-state index < -0.39 is 29.6 Å². The molecule has 1 aliphatic rings. The van der Waals surface area contributed by atoms with Crippen LogP contribution in [0, 0.1) is 5.82 Å². The molecule has 1 heterocycles. The summed E-state index contributed by atoms with van der Waals surface area (Å²) in [6.07, 6.45) is 0.108. The van der Waals surface area contributed by atoms with Crippen LogP contribution in [0.15, 0.2) is 48.5 Å². The average molecular weight is 441 g/mol. The highest BCUT2D eigenvalue weighted by atomic mass is 19.1. The molecular formula is C22H24FN5O4. The topological polar surface area (TPSA) is 134 Å². The van der Waals surface area contributed by atoms with Crippen molar-refractivity contribution in [1.82, 2.24) is 16.0 Å². The molecule has 0 radical (unpaired) electrons. The van der Waals surface area contributed by atoms with E-state index in [2.05, 4.69) is 16.0 Å². The van der Waals surface area contributed by atoms with E-state index in [0.717, 1.165) is 11.6 Å². The minimum absolute atomic E-state index is 0.0171. The first-order valence-corrected chi connectivity index (χ1v) is 10.1. The van der Waals surface area contributed by atoms with Gasteiger partial charge in [0.1, 0.15) is 11.9 Å². The van der Waals surface area contributed by atoms with Gasteiger partial charge in [0.05, 0.1) is 5.56 Å². The third-order valence-corrected chi connectivity index (χ3v) is 4.94. The number of hydrogen-bond acceptors (Lipinski definition) is 4. The normalized spacial score (nSPS) is 13.9. The van der Waals surface area contributed by atoms with Crippen LogP contribution in [0.4, 0.5) is 14.9 Å². The van der Waals surface area contributed by atoms with Gasteiger partial charge in [-0.3, -0.25) is 19.3 Å². The molecule has 3 rings (SSSR count). The molecule has 1 saturated heterocycles. The minimum atomic E-state index is -1.02. The van der Waals surface area contributed by atoms with Gasteiger partial charge in [-0.05, 0) is 23.8 Å². The zero-order chi connectivity index (χ0) is 23.1. The number of carbonyl (C=O) groups is 4. The molecule has 0 aromatic heterocycles. The molecule has 0 aliphatic carbocycles. The maximum Gasteiger partial charge on any atom is 0.321 e. The third kappa shape index (κ3) is 5.81. The number of benzene rings is 2. The Morgan fingerprint density at radius 2 is 1.91 bits per heavy atom. The number of halogens is 1. The Morgan fingerprint density at radius 3 is 2.56 bits per heavy atom. The molecule has 1 atom stereocenters. The van der Waals surface area contributed by atoms with Crippen molar-refractivity contribution in [2.45, 2.75) is 18.9 Å². The highest BCUT2D eigenvalue weighted by Gasteiger charge is 2.26. The number of nitrogens with zero attached hydrogens (tertiary/aromatic N) is 1. The number of hydrogen-bond donors (Lipinski definition) is 4. The predicted molar refractivity (Wildman–Crippen MR) is 115 cm³/mol. The maximum absolute atomic E-state index is 14.4. The van der Waals surface area contributed by atoms with E-state index in [1.54, 1.807) is 24.3 Å². The van der Waals surface area contributed by atoms with Gasteiger partial charge in [0.2, 0.25) is 11.8 Å². The number of nitrogens with two attached hydrogens (primary N) is 1. The van der Waals surface area contributed by atoms with Gasteiger partial charge in [-0.1, -0.05) is 30.3 Å². The molecule has 0 bridgehead atoms. The lowest BCUT2D eigenvalue weighted by Crippen LogP contribution is -2.48. The monoisotopic (exact) mass is 441 g/mol. The molecule has 1 fully saturated rings. The molecule has 5 N–H and O–H groups in total. The Labute approximate surface area is 184 Å². The van der Waals surface area contributed by atoms with Crippen LogP contribution in [-0.2, 0) is 16.0 Å². The van der Waals surface area contributed by atoms with Gasteiger partial charge in [-0.15, -0.1) is 0 Å². The van der Waals surface area contributed by atoms with E-state index in [4.69, 9.17) is 5.73 Å². The molecule has 32 heavy (non-hydrogen) atoms. The fourth-order valence-electron chi connectivity index (χ4n) is 3.30. The Hall–Kier alpha value is -3.95. The quantitative estimate of drug-likeness (QED) is 0.456. The van der Waals surface area contributed by atoms with Crippen molar-refractivity contribution >= 4 is 29.4 Å². The zero-order valence-electron chi connectivity index (χ0n) is 17.3. The van der Waals surface area contributed by atoms with Crippen molar-refractivity contribution in [3.63, 3.8) is 0 Å². The molecule has 1 unspecified atom stereocenters. The summed E-state index contributed by atoms with van der Waals surface area (Å²) >= 11 is 0. The van der Waals surface area contributed by atoms with E-state index in [0.29, 0.717) is 18.8 Å². The zero-order valence-corrected chi connectivity index (χ0v) is 17.3. The van der Waals surface area contributed by atoms with E-state index in [9.17, 15) is 23.6 Å². The molecular weight excluding hydrogens is 417 g/mol. The summed E-state index contributed by atoms with van der Waals surface area (Å²) < 4.78 is 14.4. The van der Waals surface area contributed by atoms with Gasteiger partial charge in [0.25, 0.3) is 5.91 Å². The largest absolute Gasteiger partial charge is 0.370 e. The number of carbonyl (C=O) groups excluding carboxylic acids is 4. The van der Waals surface area contributed by atoms with Gasteiger partial charge in [0.15, 0.2) is 0 Å². The van der Waals surface area contributed by atoms with Crippen LogP contribution in [0.2, 0.25) is 0 Å². The average Bonchev–Trinajstić information content (AvgIpc) is 3.19. The Bertz CT molecular complexity index is 1010. The standard InChI is InChI=1S/C22H24FN5O4/c23-17-7-6-15(28-11-10-26-22(28)32)13-16(17)20(30)27-18(12-14-4-2-1-3-5-14)21(31)25-9-8-19(24)29/h1-7,13,18H,8-12H2,(H2,24,29)(H,25,31)(H,26,32)(H,27,30). The summed E-state index contributed by atoms with van der Waals surface area (Å²) in [5.74, 6) is -2.67. The fourth-order valence-corrected chi connectivity index (χ4v) is 3.30. The first kappa shape index (κ1) is 22.7. The maximum atomic E-state index is 14.4. The van der Waals surface area contributed by atoms with Gasteiger partial charge < -0.3 is 21.7 Å². The van der Waals surface area contributed by atoms with Crippen molar-refractivity contribution in [3.05, 3.63) is 65.5 Å². The van der Waals surface area contributed by atoms with Crippen LogP contribution < -0.4 is 26.6 Å². The van der Waals surface area contributed by atoms with Crippen molar-refractivity contribution in [2.75, 3.05) is 24.5 Å². The third-order valence-electron chi connectivity index (χ3n) is 4.94. The van der Waals surface area contributed by atoms with Crippen molar-refractivity contribution in [2.24, 2.45) is 5.73 Å². The predicted octanol–water partition coefficient (Wildman–Crippen LogP) is 0.688. The molecule has 2 aromatic rings. The second-order valence-corrected chi connectivity index (χ2v) is 7.27. The highest BCUT2D eigenvalue weighted by Crippen LogP contribution is 2.21. The van der Waals surface area contributed by atoms with E-state index in [1.165, 1.54) is 17.0 Å². The lowest BCUT2D eigenvalue weighted by molar-refractivity contribution is -0.123. The van der Waals surface area contributed by atoms with Gasteiger partial charge >= 0.3 is 6.03 Å².